The van der Waals surface area contributed by atoms with E-state index >= 15 is 0 Å². The van der Waals surface area contributed by atoms with Gasteiger partial charge in [0.05, 0.1) is 6.04 Å². The molecule has 110 valence electrons. The molecular formula is C17H26N2O. The first-order valence-electron chi connectivity index (χ1n) is 8.46. The van der Waals surface area contributed by atoms with Gasteiger partial charge in [-0.3, -0.25) is 9.69 Å². The van der Waals surface area contributed by atoms with Crippen LogP contribution in [0.3, 0.4) is 0 Å². The van der Waals surface area contributed by atoms with Crippen molar-refractivity contribution < 1.29 is 4.79 Å². The normalized spacial score (nSPS) is 40.6. The van der Waals surface area contributed by atoms with Crippen molar-refractivity contribution >= 4 is 5.91 Å². The van der Waals surface area contributed by atoms with E-state index in [0.717, 1.165) is 24.9 Å². The second kappa shape index (κ2) is 4.87. The van der Waals surface area contributed by atoms with E-state index in [1.54, 1.807) is 12.5 Å². The molecule has 0 aromatic carbocycles. The molecule has 3 aliphatic heterocycles. The summed E-state index contributed by atoms with van der Waals surface area (Å²) in [5.74, 6) is 1.74. The number of rotatable bonds is 0. The Kier molecular flexibility index (Phi) is 3.13. The Labute approximate surface area is 122 Å². The molecule has 0 unspecified atom stereocenters. The first kappa shape index (κ1) is 12.9. The number of carbonyl (C=O) groups excluding carboxylic acids is 1. The molecule has 0 spiro atoms. The Morgan fingerprint density at radius 3 is 3.00 bits per heavy atom. The summed E-state index contributed by atoms with van der Waals surface area (Å²) < 4.78 is 0. The minimum absolute atomic E-state index is 0.278. The van der Waals surface area contributed by atoms with Gasteiger partial charge in [0.1, 0.15) is 0 Å². The summed E-state index contributed by atoms with van der Waals surface area (Å²) in [5, 5.41) is 0. The third-order valence-corrected chi connectivity index (χ3v) is 6.06. The lowest BCUT2D eigenvalue weighted by Gasteiger charge is -2.54. The molecule has 0 aromatic rings. The van der Waals surface area contributed by atoms with Crippen LogP contribution in [0.4, 0.5) is 0 Å². The molecule has 4 aliphatic rings. The highest BCUT2D eigenvalue weighted by Crippen LogP contribution is 2.44. The summed E-state index contributed by atoms with van der Waals surface area (Å²) in [5.41, 5.74) is 1.60. The smallest absolute Gasteiger partial charge is 0.219 e. The Morgan fingerprint density at radius 1 is 1.25 bits per heavy atom. The summed E-state index contributed by atoms with van der Waals surface area (Å²) in [4.78, 5) is 16.9. The molecule has 3 fully saturated rings. The maximum absolute atomic E-state index is 12.0. The van der Waals surface area contributed by atoms with Crippen LogP contribution in [0, 0.1) is 11.8 Å². The van der Waals surface area contributed by atoms with E-state index in [9.17, 15) is 4.79 Å². The van der Waals surface area contributed by atoms with Crippen LogP contribution in [0.2, 0.25) is 0 Å². The molecule has 0 saturated carbocycles. The molecule has 2 bridgehead atoms. The van der Waals surface area contributed by atoms with Gasteiger partial charge in [-0.2, -0.15) is 0 Å². The van der Waals surface area contributed by atoms with E-state index in [-0.39, 0.29) is 5.91 Å². The maximum atomic E-state index is 12.0. The molecular weight excluding hydrogens is 248 g/mol. The number of fused-ring (bicyclic) bond motifs is 6. The zero-order valence-corrected chi connectivity index (χ0v) is 12.6. The molecule has 3 heterocycles. The molecule has 3 saturated heterocycles. The highest BCUT2D eigenvalue weighted by Gasteiger charge is 2.46. The predicted octanol–water partition coefficient (Wildman–Crippen LogP) is 2.43. The van der Waals surface area contributed by atoms with Crippen LogP contribution < -0.4 is 0 Å². The first-order chi connectivity index (χ1) is 9.74. The highest BCUT2D eigenvalue weighted by molar-refractivity contribution is 5.74. The number of likely N-dealkylation sites (tertiary alicyclic amines) is 1. The minimum Gasteiger partial charge on any atom is -0.336 e. The van der Waals surface area contributed by atoms with E-state index in [1.165, 1.54) is 45.2 Å². The van der Waals surface area contributed by atoms with Gasteiger partial charge in [-0.25, -0.2) is 0 Å². The van der Waals surface area contributed by atoms with Gasteiger partial charge >= 0.3 is 0 Å². The number of nitrogens with zero attached hydrogens (tertiary/aromatic N) is 2. The first-order valence-corrected chi connectivity index (χ1v) is 8.46. The average molecular weight is 274 g/mol. The monoisotopic (exact) mass is 274 g/mol. The predicted molar refractivity (Wildman–Crippen MR) is 79.3 cm³/mol. The van der Waals surface area contributed by atoms with Gasteiger partial charge < -0.3 is 4.90 Å². The molecule has 0 N–H and O–H groups in total. The third kappa shape index (κ3) is 1.93. The second-order valence-electron chi connectivity index (χ2n) is 7.22. The van der Waals surface area contributed by atoms with Gasteiger partial charge in [0.15, 0.2) is 0 Å². The summed E-state index contributed by atoms with van der Waals surface area (Å²) in [6.07, 6.45) is 10.5. The SMILES string of the molecule is CC(=O)N1CCCC2=C[C@H]3C[C@H](CN4CCCC[C@H]34)[C@@H]21. The van der Waals surface area contributed by atoms with Crippen molar-refractivity contribution in [1.29, 1.82) is 0 Å². The van der Waals surface area contributed by atoms with E-state index in [2.05, 4.69) is 15.9 Å². The van der Waals surface area contributed by atoms with Crippen molar-refractivity contribution in [1.82, 2.24) is 9.80 Å². The molecule has 3 nitrogen and oxygen atoms in total. The van der Waals surface area contributed by atoms with Crippen LogP contribution in [0.25, 0.3) is 0 Å². The van der Waals surface area contributed by atoms with Crippen molar-refractivity contribution in [2.24, 2.45) is 11.8 Å². The zero-order chi connectivity index (χ0) is 13.7. The van der Waals surface area contributed by atoms with Crippen molar-refractivity contribution in [3.05, 3.63) is 11.6 Å². The summed E-state index contributed by atoms with van der Waals surface area (Å²) in [6.45, 7) is 5.24. The van der Waals surface area contributed by atoms with E-state index in [1.807, 2.05) is 0 Å². The molecule has 4 rings (SSSR count). The number of hydrogen-bond acceptors (Lipinski definition) is 2. The van der Waals surface area contributed by atoms with Crippen LogP contribution in [0.1, 0.15) is 45.4 Å². The van der Waals surface area contributed by atoms with Crippen LogP contribution in [0.5, 0.6) is 0 Å². The lowest BCUT2D eigenvalue weighted by atomic mass is 9.68. The molecule has 3 heteroatoms. The lowest BCUT2D eigenvalue weighted by molar-refractivity contribution is -0.133. The summed E-state index contributed by atoms with van der Waals surface area (Å²) >= 11 is 0. The van der Waals surface area contributed by atoms with Gasteiger partial charge in [0, 0.05) is 26.1 Å². The summed E-state index contributed by atoms with van der Waals surface area (Å²) in [6, 6.07) is 1.24. The van der Waals surface area contributed by atoms with E-state index in [4.69, 9.17) is 0 Å². The van der Waals surface area contributed by atoms with Gasteiger partial charge in [-0.05, 0) is 50.5 Å². The fourth-order valence-corrected chi connectivity index (χ4v) is 5.33. The van der Waals surface area contributed by atoms with Crippen molar-refractivity contribution in [3.63, 3.8) is 0 Å². The summed E-state index contributed by atoms with van der Waals surface area (Å²) in [7, 11) is 0. The number of piperidine rings is 3. The van der Waals surface area contributed by atoms with Gasteiger partial charge in [-0.15, -0.1) is 0 Å². The lowest BCUT2D eigenvalue weighted by Crippen LogP contribution is -2.59. The minimum atomic E-state index is 0.278. The Hall–Kier alpha value is -0.830. The molecule has 1 aliphatic carbocycles. The zero-order valence-electron chi connectivity index (χ0n) is 12.6. The second-order valence-corrected chi connectivity index (χ2v) is 7.22. The van der Waals surface area contributed by atoms with Gasteiger partial charge in [0.25, 0.3) is 0 Å². The number of amides is 1. The van der Waals surface area contributed by atoms with Crippen molar-refractivity contribution in [2.45, 2.75) is 57.5 Å². The topological polar surface area (TPSA) is 23.6 Å². The molecule has 1 amide bonds. The van der Waals surface area contributed by atoms with E-state index in [0.29, 0.717) is 12.0 Å². The van der Waals surface area contributed by atoms with Crippen molar-refractivity contribution in [3.8, 4) is 0 Å². The highest BCUT2D eigenvalue weighted by atomic mass is 16.2. The van der Waals surface area contributed by atoms with E-state index < -0.39 is 0 Å². The number of hydrogen-bond donors (Lipinski definition) is 0. The average Bonchev–Trinajstić information content (AvgIpc) is 2.46. The fraction of sp³-hybridized carbons (Fsp3) is 0.824. The molecule has 4 atom stereocenters. The van der Waals surface area contributed by atoms with Gasteiger partial charge in [-0.1, -0.05) is 18.1 Å². The maximum Gasteiger partial charge on any atom is 0.219 e. The third-order valence-electron chi connectivity index (χ3n) is 6.06. The van der Waals surface area contributed by atoms with Crippen LogP contribution in [0.15, 0.2) is 11.6 Å². The Balaban J connectivity index is 1.66. The number of carbonyl (C=O) groups is 1. The fourth-order valence-electron chi connectivity index (χ4n) is 5.33. The van der Waals surface area contributed by atoms with Crippen LogP contribution >= 0.6 is 0 Å². The Morgan fingerprint density at radius 2 is 2.15 bits per heavy atom. The van der Waals surface area contributed by atoms with Gasteiger partial charge in [0.2, 0.25) is 5.91 Å². The largest absolute Gasteiger partial charge is 0.336 e. The van der Waals surface area contributed by atoms with Crippen LogP contribution in [-0.4, -0.2) is 47.4 Å². The van der Waals surface area contributed by atoms with Crippen LogP contribution in [-0.2, 0) is 4.79 Å². The molecule has 0 aromatic heterocycles. The quantitative estimate of drug-likeness (QED) is 0.633. The Bertz CT molecular complexity index is 444. The standard InChI is InChI=1S/C17H26N2O/c1-12(20)19-8-4-5-13-9-14-10-15(17(13)19)11-18-7-3-2-6-16(14)18/h9,14-17H,2-8,10-11H2,1H3/t14-,15+,16+,17+/m0/s1. The molecule has 20 heavy (non-hydrogen) atoms. The van der Waals surface area contributed by atoms with Crippen molar-refractivity contribution in [2.75, 3.05) is 19.6 Å². The molecule has 0 radical (unpaired) electrons.